The Morgan fingerprint density at radius 1 is 1.26 bits per heavy atom. The number of hydrogen-bond donors (Lipinski definition) is 2. The van der Waals surface area contributed by atoms with Gasteiger partial charge in [-0.3, -0.25) is 9.59 Å². The Morgan fingerprint density at radius 2 is 1.84 bits per heavy atom. The zero-order chi connectivity index (χ0) is 14.4. The van der Waals surface area contributed by atoms with Crippen molar-refractivity contribution in [1.82, 2.24) is 5.32 Å². The fraction of sp³-hybridized carbons (Fsp3) is 0.429. The van der Waals surface area contributed by atoms with Crippen LogP contribution < -0.4 is 10.1 Å². The molecule has 1 aromatic carbocycles. The molecule has 5 heteroatoms. The molecule has 0 aromatic heterocycles. The maximum Gasteiger partial charge on any atom is 0.325 e. The third-order valence-electron chi connectivity index (χ3n) is 2.75. The van der Waals surface area contributed by atoms with E-state index in [1.165, 1.54) is 6.92 Å². The van der Waals surface area contributed by atoms with Crippen LogP contribution in [-0.4, -0.2) is 29.1 Å². The second kappa shape index (κ2) is 6.78. The van der Waals surface area contributed by atoms with Crippen LogP contribution in [0.15, 0.2) is 24.3 Å². The van der Waals surface area contributed by atoms with E-state index in [1.807, 2.05) is 13.8 Å². The monoisotopic (exact) mass is 265 g/mol. The summed E-state index contributed by atoms with van der Waals surface area (Å²) in [4.78, 5) is 22.4. The predicted molar refractivity (Wildman–Crippen MR) is 71.4 cm³/mol. The molecule has 0 aliphatic rings. The number of amides is 1. The number of rotatable bonds is 6. The summed E-state index contributed by atoms with van der Waals surface area (Å²) in [5.41, 5.74) is 0.407. The number of carboxylic acid groups (broad SMARTS) is 1. The Kier molecular flexibility index (Phi) is 5.36. The first kappa shape index (κ1) is 15.0. The molecule has 0 radical (unpaired) electrons. The summed E-state index contributed by atoms with van der Waals surface area (Å²) in [5, 5.41) is 11.1. The van der Waals surface area contributed by atoms with E-state index in [9.17, 15) is 9.59 Å². The van der Waals surface area contributed by atoms with Gasteiger partial charge in [0.15, 0.2) is 0 Å². The van der Waals surface area contributed by atoms with Gasteiger partial charge in [0.1, 0.15) is 11.8 Å². The van der Waals surface area contributed by atoms with E-state index in [0.717, 1.165) is 6.42 Å². The molecule has 1 aromatic rings. The summed E-state index contributed by atoms with van der Waals surface area (Å²) in [6, 6.07) is 5.71. The predicted octanol–water partition coefficient (Wildman–Crippen LogP) is 2.07. The van der Waals surface area contributed by atoms with Crippen LogP contribution in [0.4, 0.5) is 0 Å². The SMILES string of the molecule is CCC(C)Oc1ccc(C(=O)N[C@@H](C)C(=O)O)cc1. The van der Waals surface area contributed by atoms with Crippen molar-refractivity contribution in [1.29, 1.82) is 0 Å². The average Bonchev–Trinajstić information content (AvgIpc) is 2.39. The molecule has 104 valence electrons. The van der Waals surface area contributed by atoms with E-state index < -0.39 is 17.9 Å². The molecule has 0 saturated heterocycles. The third-order valence-corrected chi connectivity index (χ3v) is 2.75. The zero-order valence-electron chi connectivity index (χ0n) is 11.3. The summed E-state index contributed by atoms with van der Waals surface area (Å²) in [7, 11) is 0. The minimum Gasteiger partial charge on any atom is -0.491 e. The molecule has 1 rings (SSSR count). The number of carboxylic acids is 1. The second-order valence-electron chi connectivity index (χ2n) is 4.39. The standard InChI is InChI=1S/C14H19NO4/c1-4-9(2)19-12-7-5-11(6-8-12)13(16)15-10(3)14(17)18/h5-10H,4H2,1-3H3,(H,15,16)(H,17,18)/t9?,10-/m0/s1. The van der Waals surface area contributed by atoms with Gasteiger partial charge in [-0.15, -0.1) is 0 Å². The van der Waals surface area contributed by atoms with E-state index in [4.69, 9.17) is 9.84 Å². The van der Waals surface area contributed by atoms with Crippen molar-refractivity contribution >= 4 is 11.9 Å². The van der Waals surface area contributed by atoms with Crippen molar-refractivity contribution in [2.45, 2.75) is 39.3 Å². The van der Waals surface area contributed by atoms with Crippen molar-refractivity contribution in [3.05, 3.63) is 29.8 Å². The van der Waals surface area contributed by atoms with E-state index >= 15 is 0 Å². The first-order valence-corrected chi connectivity index (χ1v) is 6.24. The van der Waals surface area contributed by atoms with E-state index in [-0.39, 0.29) is 6.10 Å². The molecule has 0 aliphatic heterocycles. The van der Waals surface area contributed by atoms with E-state index in [0.29, 0.717) is 11.3 Å². The third kappa shape index (κ3) is 4.62. The Bertz CT molecular complexity index is 441. The van der Waals surface area contributed by atoms with Crippen LogP contribution in [0.25, 0.3) is 0 Å². The van der Waals surface area contributed by atoms with Crippen LogP contribution in [0.2, 0.25) is 0 Å². The van der Waals surface area contributed by atoms with Crippen LogP contribution in [0, 0.1) is 0 Å². The highest BCUT2D eigenvalue weighted by molar-refractivity contribution is 5.96. The van der Waals surface area contributed by atoms with Gasteiger partial charge in [-0.25, -0.2) is 0 Å². The van der Waals surface area contributed by atoms with Gasteiger partial charge >= 0.3 is 5.97 Å². The average molecular weight is 265 g/mol. The number of hydrogen-bond acceptors (Lipinski definition) is 3. The molecule has 0 spiro atoms. The zero-order valence-corrected chi connectivity index (χ0v) is 11.3. The van der Waals surface area contributed by atoms with Gasteiger partial charge in [0, 0.05) is 5.56 Å². The van der Waals surface area contributed by atoms with Gasteiger partial charge in [0.05, 0.1) is 6.10 Å². The lowest BCUT2D eigenvalue weighted by Gasteiger charge is -2.13. The van der Waals surface area contributed by atoms with Crippen LogP contribution in [0.3, 0.4) is 0 Å². The molecule has 2 atom stereocenters. The molecule has 2 N–H and O–H groups in total. The van der Waals surface area contributed by atoms with Gasteiger partial charge in [0.2, 0.25) is 0 Å². The number of aliphatic carboxylic acids is 1. The lowest BCUT2D eigenvalue weighted by Crippen LogP contribution is -2.38. The van der Waals surface area contributed by atoms with Crippen LogP contribution in [0.1, 0.15) is 37.6 Å². The van der Waals surface area contributed by atoms with Crippen molar-refractivity contribution in [3.8, 4) is 5.75 Å². The van der Waals surface area contributed by atoms with E-state index in [2.05, 4.69) is 5.32 Å². The van der Waals surface area contributed by atoms with Crippen molar-refractivity contribution in [2.24, 2.45) is 0 Å². The molecule has 1 amide bonds. The highest BCUT2D eigenvalue weighted by Gasteiger charge is 2.15. The Hall–Kier alpha value is -2.04. The second-order valence-corrected chi connectivity index (χ2v) is 4.39. The molecule has 0 fully saturated rings. The van der Waals surface area contributed by atoms with Gasteiger partial charge < -0.3 is 15.2 Å². The molecule has 0 bridgehead atoms. The van der Waals surface area contributed by atoms with Crippen molar-refractivity contribution < 1.29 is 19.4 Å². The summed E-state index contributed by atoms with van der Waals surface area (Å²) < 4.78 is 5.59. The molecule has 1 unspecified atom stereocenters. The summed E-state index contributed by atoms with van der Waals surface area (Å²) in [5.74, 6) is -0.785. The lowest BCUT2D eigenvalue weighted by atomic mass is 10.2. The quantitative estimate of drug-likeness (QED) is 0.825. The first-order chi connectivity index (χ1) is 8.93. The number of ether oxygens (including phenoxy) is 1. The molecule has 5 nitrogen and oxygen atoms in total. The summed E-state index contributed by atoms with van der Waals surface area (Å²) >= 11 is 0. The lowest BCUT2D eigenvalue weighted by molar-refractivity contribution is -0.138. The van der Waals surface area contributed by atoms with E-state index in [1.54, 1.807) is 24.3 Å². The topological polar surface area (TPSA) is 75.6 Å². The Balaban J connectivity index is 2.65. The maximum atomic E-state index is 11.7. The molecule has 0 saturated carbocycles. The highest BCUT2D eigenvalue weighted by Crippen LogP contribution is 2.14. The normalized spacial score (nSPS) is 13.4. The minimum atomic E-state index is -1.06. The largest absolute Gasteiger partial charge is 0.491 e. The van der Waals surface area contributed by atoms with Crippen molar-refractivity contribution in [3.63, 3.8) is 0 Å². The molecule has 0 heterocycles. The van der Waals surface area contributed by atoms with Gasteiger partial charge in [-0.2, -0.15) is 0 Å². The molecular weight excluding hydrogens is 246 g/mol. The summed E-state index contributed by atoms with van der Waals surface area (Å²) in [6.07, 6.45) is 1.02. The number of carbonyl (C=O) groups is 2. The fourth-order valence-electron chi connectivity index (χ4n) is 1.34. The fourth-order valence-corrected chi connectivity index (χ4v) is 1.34. The highest BCUT2D eigenvalue weighted by atomic mass is 16.5. The number of nitrogens with one attached hydrogen (secondary N) is 1. The van der Waals surface area contributed by atoms with Crippen LogP contribution in [-0.2, 0) is 4.79 Å². The molecule has 19 heavy (non-hydrogen) atoms. The minimum absolute atomic E-state index is 0.117. The maximum absolute atomic E-state index is 11.7. The van der Waals surface area contributed by atoms with Gasteiger partial charge in [-0.05, 0) is 44.5 Å². The molecule has 0 aliphatic carbocycles. The summed E-state index contributed by atoms with van der Waals surface area (Å²) in [6.45, 7) is 5.41. The number of carbonyl (C=O) groups excluding carboxylic acids is 1. The molecular formula is C14H19NO4. The Labute approximate surface area is 112 Å². The Morgan fingerprint density at radius 3 is 2.32 bits per heavy atom. The van der Waals surface area contributed by atoms with Gasteiger partial charge in [-0.1, -0.05) is 6.92 Å². The number of benzene rings is 1. The van der Waals surface area contributed by atoms with Crippen LogP contribution in [0.5, 0.6) is 5.75 Å². The van der Waals surface area contributed by atoms with Gasteiger partial charge in [0.25, 0.3) is 5.91 Å². The smallest absolute Gasteiger partial charge is 0.325 e. The van der Waals surface area contributed by atoms with Crippen molar-refractivity contribution in [2.75, 3.05) is 0 Å². The first-order valence-electron chi connectivity index (χ1n) is 6.24. The van der Waals surface area contributed by atoms with Crippen LogP contribution >= 0.6 is 0 Å².